The van der Waals surface area contributed by atoms with Crippen LogP contribution in [0.25, 0.3) is 0 Å². The number of fused-ring (bicyclic) bond motifs is 1. The Labute approximate surface area is 136 Å². The van der Waals surface area contributed by atoms with E-state index in [2.05, 4.69) is 27.2 Å². The molecule has 2 fully saturated rings. The van der Waals surface area contributed by atoms with Gasteiger partial charge in [0.25, 0.3) is 0 Å². The molecule has 0 unspecified atom stereocenters. The minimum absolute atomic E-state index is 0.336. The maximum Gasteiger partial charge on any atom is 0.231 e. The molecule has 5 nitrogen and oxygen atoms in total. The maximum atomic E-state index is 5.48. The van der Waals surface area contributed by atoms with E-state index in [9.17, 15) is 0 Å². The molecule has 0 radical (unpaired) electrons. The molecule has 1 aliphatic carbocycles. The fraction of sp³-hybridized carbons (Fsp3) is 0.562. The second-order valence-corrected chi connectivity index (χ2v) is 6.56. The Morgan fingerprint density at radius 3 is 2.68 bits per heavy atom. The van der Waals surface area contributed by atoms with Crippen molar-refractivity contribution in [2.45, 2.75) is 25.4 Å². The van der Waals surface area contributed by atoms with Gasteiger partial charge in [-0.3, -0.25) is 4.90 Å². The lowest BCUT2D eigenvalue weighted by Gasteiger charge is -2.36. The number of rotatable bonds is 3. The van der Waals surface area contributed by atoms with Gasteiger partial charge in [-0.15, -0.1) is 0 Å². The number of nitrogens with zero attached hydrogens (tertiary/aromatic N) is 2. The molecular formula is C16H21N3O2S. The first-order chi connectivity index (χ1) is 10.8. The van der Waals surface area contributed by atoms with Gasteiger partial charge in [0.1, 0.15) is 0 Å². The van der Waals surface area contributed by atoms with Crippen LogP contribution in [0.15, 0.2) is 18.2 Å². The van der Waals surface area contributed by atoms with Gasteiger partial charge in [0, 0.05) is 38.8 Å². The molecule has 1 saturated carbocycles. The summed E-state index contributed by atoms with van der Waals surface area (Å²) < 4.78 is 10.8. The Balaban J connectivity index is 1.29. The van der Waals surface area contributed by atoms with E-state index in [1.54, 1.807) is 0 Å². The fourth-order valence-corrected chi connectivity index (χ4v) is 3.25. The van der Waals surface area contributed by atoms with Crippen LogP contribution in [-0.2, 0) is 6.54 Å². The molecule has 4 rings (SSSR count). The first-order valence-corrected chi connectivity index (χ1v) is 8.35. The summed E-state index contributed by atoms with van der Waals surface area (Å²) in [5, 5.41) is 4.36. The molecule has 0 aromatic heterocycles. The van der Waals surface area contributed by atoms with Crippen molar-refractivity contribution >= 4 is 17.3 Å². The molecule has 3 aliphatic rings. The standard InChI is InChI=1S/C16H21N3O2S/c22-16(17-13-2-3-13)19-7-5-18(6-8-19)10-12-1-4-14-15(9-12)21-11-20-14/h1,4,9,13H,2-3,5-8,10-11H2,(H,17,22). The monoisotopic (exact) mass is 319 g/mol. The molecule has 2 heterocycles. The zero-order chi connectivity index (χ0) is 14.9. The molecule has 118 valence electrons. The number of hydrogen-bond acceptors (Lipinski definition) is 4. The number of hydrogen-bond donors (Lipinski definition) is 1. The van der Waals surface area contributed by atoms with Crippen molar-refractivity contribution in [3.8, 4) is 11.5 Å². The molecule has 1 aromatic carbocycles. The second kappa shape index (κ2) is 5.93. The predicted octanol–water partition coefficient (Wildman–Crippen LogP) is 1.57. The Kier molecular flexibility index (Phi) is 3.80. The zero-order valence-corrected chi connectivity index (χ0v) is 13.4. The van der Waals surface area contributed by atoms with Crippen LogP contribution >= 0.6 is 12.2 Å². The van der Waals surface area contributed by atoms with Gasteiger partial charge in [0.2, 0.25) is 6.79 Å². The maximum absolute atomic E-state index is 5.48. The average Bonchev–Trinajstić information content (AvgIpc) is 3.22. The van der Waals surface area contributed by atoms with E-state index < -0.39 is 0 Å². The lowest BCUT2D eigenvalue weighted by Crippen LogP contribution is -2.51. The molecule has 0 bridgehead atoms. The number of thiocarbonyl (C=S) groups is 1. The van der Waals surface area contributed by atoms with Crippen molar-refractivity contribution in [3.63, 3.8) is 0 Å². The topological polar surface area (TPSA) is 37.0 Å². The van der Waals surface area contributed by atoms with E-state index in [1.165, 1.54) is 18.4 Å². The molecule has 6 heteroatoms. The van der Waals surface area contributed by atoms with Crippen molar-refractivity contribution in [2.24, 2.45) is 0 Å². The lowest BCUT2D eigenvalue weighted by atomic mass is 10.1. The minimum Gasteiger partial charge on any atom is -0.454 e. The third-order valence-electron chi connectivity index (χ3n) is 4.41. The van der Waals surface area contributed by atoms with Crippen LogP contribution in [0.5, 0.6) is 11.5 Å². The van der Waals surface area contributed by atoms with Crippen molar-refractivity contribution in [1.82, 2.24) is 15.1 Å². The fourth-order valence-electron chi connectivity index (χ4n) is 2.90. The van der Waals surface area contributed by atoms with Gasteiger partial charge >= 0.3 is 0 Å². The SMILES string of the molecule is S=C(NC1CC1)N1CCN(Cc2ccc3c(c2)OCO3)CC1. The first kappa shape index (κ1) is 14.1. The number of nitrogens with one attached hydrogen (secondary N) is 1. The highest BCUT2D eigenvalue weighted by Gasteiger charge is 2.25. The molecule has 2 aliphatic heterocycles. The molecule has 0 spiro atoms. The minimum atomic E-state index is 0.336. The summed E-state index contributed by atoms with van der Waals surface area (Å²) in [4.78, 5) is 4.76. The van der Waals surface area contributed by atoms with Crippen molar-refractivity contribution in [2.75, 3.05) is 33.0 Å². The van der Waals surface area contributed by atoms with E-state index in [0.29, 0.717) is 12.8 Å². The first-order valence-electron chi connectivity index (χ1n) is 7.94. The van der Waals surface area contributed by atoms with Gasteiger partial charge in [-0.1, -0.05) is 6.07 Å². The second-order valence-electron chi connectivity index (χ2n) is 6.17. The third kappa shape index (κ3) is 3.13. The van der Waals surface area contributed by atoms with Crippen LogP contribution in [0.2, 0.25) is 0 Å². The van der Waals surface area contributed by atoms with Crippen molar-refractivity contribution in [3.05, 3.63) is 23.8 Å². The van der Waals surface area contributed by atoms with Crippen LogP contribution in [0.4, 0.5) is 0 Å². The Bertz CT molecular complexity index is 569. The van der Waals surface area contributed by atoms with Gasteiger partial charge in [0.15, 0.2) is 16.6 Å². The third-order valence-corrected chi connectivity index (χ3v) is 4.78. The smallest absolute Gasteiger partial charge is 0.231 e. The van der Waals surface area contributed by atoms with Gasteiger partial charge in [0.05, 0.1) is 0 Å². The molecular weight excluding hydrogens is 298 g/mol. The van der Waals surface area contributed by atoms with E-state index in [4.69, 9.17) is 21.7 Å². The van der Waals surface area contributed by atoms with Crippen LogP contribution < -0.4 is 14.8 Å². The van der Waals surface area contributed by atoms with Gasteiger partial charge in [-0.25, -0.2) is 0 Å². The summed E-state index contributed by atoms with van der Waals surface area (Å²) in [6.07, 6.45) is 2.54. The highest BCUT2D eigenvalue weighted by Crippen LogP contribution is 2.32. The summed E-state index contributed by atoms with van der Waals surface area (Å²) in [5.74, 6) is 1.72. The van der Waals surface area contributed by atoms with E-state index in [1.807, 2.05) is 6.07 Å². The lowest BCUT2D eigenvalue weighted by molar-refractivity contribution is 0.172. The molecule has 1 aromatic rings. The number of benzene rings is 1. The molecule has 1 N–H and O–H groups in total. The zero-order valence-electron chi connectivity index (χ0n) is 12.6. The molecule has 22 heavy (non-hydrogen) atoms. The summed E-state index contributed by atoms with van der Waals surface area (Å²) in [6, 6.07) is 6.86. The average molecular weight is 319 g/mol. The highest BCUT2D eigenvalue weighted by molar-refractivity contribution is 7.80. The highest BCUT2D eigenvalue weighted by atomic mass is 32.1. The quantitative estimate of drug-likeness (QED) is 0.853. The molecule has 0 atom stereocenters. The van der Waals surface area contributed by atoms with E-state index in [-0.39, 0.29) is 0 Å². The van der Waals surface area contributed by atoms with Crippen LogP contribution in [-0.4, -0.2) is 53.9 Å². The van der Waals surface area contributed by atoms with Crippen LogP contribution in [0.1, 0.15) is 18.4 Å². The Hall–Kier alpha value is -1.53. The summed E-state index contributed by atoms with van der Waals surface area (Å²) >= 11 is 5.48. The van der Waals surface area contributed by atoms with Crippen LogP contribution in [0, 0.1) is 0 Å². The molecule has 0 amide bonds. The van der Waals surface area contributed by atoms with Crippen molar-refractivity contribution < 1.29 is 9.47 Å². The predicted molar refractivity (Wildman–Crippen MR) is 88.2 cm³/mol. The number of piperazine rings is 1. The van der Waals surface area contributed by atoms with Gasteiger partial charge in [-0.05, 0) is 42.8 Å². The van der Waals surface area contributed by atoms with Crippen molar-refractivity contribution in [1.29, 1.82) is 0 Å². The Morgan fingerprint density at radius 2 is 1.91 bits per heavy atom. The summed E-state index contributed by atoms with van der Waals surface area (Å²) in [6.45, 7) is 5.38. The normalized spacial score (nSPS) is 21.0. The van der Waals surface area contributed by atoms with E-state index >= 15 is 0 Å². The van der Waals surface area contributed by atoms with Gasteiger partial charge in [-0.2, -0.15) is 0 Å². The number of ether oxygens (including phenoxy) is 2. The summed E-state index contributed by atoms with van der Waals surface area (Å²) in [5.41, 5.74) is 1.27. The van der Waals surface area contributed by atoms with Crippen LogP contribution in [0.3, 0.4) is 0 Å². The molecule has 1 saturated heterocycles. The largest absolute Gasteiger partial charge is 0.454 e. The van der Waals surface area contributed by atoms with Gasteiger partial charge < -0.3 is 19.7 Å². The summed E-state index contributed by atoms with van der Waals surface area (Å²) in [7, 11) is 0. The van der Waals surface area contributed by atoms with E-state index in [0.717, 1.165) is 49.3 Å². The Morgan fingerprint density at radius 1 is 1.14 bits per heavy atom.